The van der Waals surface area contributed by atoms with E-state index >= 15 is 0 Å². The number of hydrogen-bond acceptors (Lipinski definition) is 2. The Kier molecular flexibility index (Phi) is 3.09. The van der Waals surface area contributed by atoms with E-state index in [0.29, 0.717) is 15.7 Å². The van der Waals surface area contributed by atoms with Crippen molar-refractivity contribution in [2.24, 2.45) is 0 Å². The lowest BCUT2D eigenvalue weighted by atomic mass is 10.2. The normalized spacial score (nSPS) is 12.6. The molecule has 0 aliphatic heterocycles. The molecule has 0 saturated heterocycles. The third-order valence-electron chi connectivity index (χ3n) is 1.39. The Morgan fingerprint density at radius 2 is 2.25 bits per heavy atom. The first kappa shape index (κ1) is 9.52. The number of aliphatic hydroxyl groups excluding tert-OH is 1. The molecule has 0 fully saturated rings. The quantitative estimate of drug-likeness (QED) is 0.593. The van der Waals surface area contributed by atoms with Crippen molar-refractivity contribution in [2.45, 2.75) is 6.10 Å². The first-order chi connectivity index (χ1) is 5.65. The maximum atomic E-state index is 9.32. The molecule has 0 amide bonds. The zero-order valence-electron chi connectivity index (χ0n) is 6.17. The van der Waals surface area contributed by atoms with Crippen LogP contribution in [0.2, 0.25) is 10.2 Å². The Hall–Kier alpha value is -0.570. The van der Waals surface area contributed by atoms with Crippen LogP contribution in [-0.2, 0) is 0 Å². The molecule has 1 rings (SSSR count). The van der Waals surface area contributed by atoms with E-state index in [0.717, 1.165) is 0 Å². The third kappa shape index (κ3) is 1.97. The fourth-order valence-electron chi connectivity index (χ4n) is 0.763. The van der Waals surface area contributed by atoms with Crippen LogP contribution >= 0.6 is 23.2 Å². The Balaban J connectivity index is 3.09. The zero-order valence-corrected chi connectivity index (χ0v) is 7.68. The van der Waals surface area contributed by atoms with E-state index in [1.807, 2.05) is 0 Å². The molecule has 1 N–H and O–H groups in total. The molecule has 1 aromatic rings. The average Bonchev–Trinajstić information content (AvgIpc) is 2.03. The summed E-state index contributed by atoms with van der Waals surface area (Å²) in [6, 6.07) is 1.48. The molecule has 0 bridgehead atoms. The minimum absolute atomic E-state index is 0.306. The Morgan fingerprint density at radius 1 is 1.58 bits per heavy atom. The van der Waals surface area contributed by atoms with Crippen molar-refractivity contribution in [1.82, 2.24) is 4.98 Å². The van der Waals surface area contributed by atoms with Crippen LogP contribution in [-0.4, -0.2) is 10.1 Å². The maximum Gasteiger partial charge on any atom is 0.130 e. The smallest absolute Gasteiger partial charge is 0.130 e. The predicted molar refractivity (Wildman–Crippen MR) is 49.4 cm³/mol. The molecule has 2 nitrogen and oxygen atoms in total. The highest BCUT2D eigenvalue weighted by Crippen LogP contribution is 2.24. The summed E-state index contributed by atoms with van der Waals surface area (Å²) in [5, 5.41) is 10.0. The molecular formula is C8H7Cl2NO. The number of halogens is 2. The van der Waals surface area contributed by atoms with Gasteiger partial charge in [-0.15, -0.1) is 6.58 Å². The van der Waals surface area contributed by atoms with Crippen LogP contribution in [0.25, 0.3) is 0 Å². The molecular weight excluding hydrogens is 197 g/mol. The van der Waals surface area contributed by atoms with Crippen molar-refractivity contribution < 1.29 is 5.11 Å². The van der Waals surface area contributed by atoms with Crippen LogP contribution < -0.4 is 0 Å². The van der Waals surface area contributed by atoms with Crippen LogP contribution in [0.4, 0.5) is 0 Å². The lowest BCUT2D eigenvalue weighted by molar-refractivity contribution is 0.229. The largest absolute Gasteiger partial charge is 0.384 e. The van der Waals surface area contributed by atoms with Gasteiger partial charge in [0.25, 0.3) is 0 Å². The molecule has 0 radical (unpaired) electrons. The summed E-state index contributed by atoms with van der Waals surface area (Å²) >= 11 is 11.3. The van der Waals surface area contributed by atoms with Crippen molar-refractivity contribution in [2.75, 3.05) is 0 Å². The van der Waals surface area contributed by atoms with Gasteiger partial charge in [0.1, 0.15) is 5.15 Å². The molecule has 1 atom stereocenters. The van der Waals surface area contributed by atoms with E-state index in [9.17, 15) is 5.11 Å². The summed E-state index contributed by atoms with van der Waals surface area (Å²) in [6.45, 7) is 3.43. The standard InChI is InChI=1S/C8H7Cl2NO/c1-2-7(12)5-4-11-8(10)3-6(5)9/h2-4,7,12H,1H2. The molecule has 0 aliphatic carbocycles. The monoisotopic (exact) mass is 203 g/mol. The number of aromatic nitrogens is 1. The van der Waals surface area contributed by atoms with E-state index in [4.69, 9.17) is 23.2 Å². The molecule has 0 aliphatic rings. The van der Waals surface area contributed by atoms with Gasteiger partial charge in [-0.2, -0.15) is 0 Å². The highest BCUT2D eigenvalue weighted by Gasteiger charge is 2.08. The highest BCUT2D eigenvalue weighted by atomic mass is 35.5. The van der Waals surface area contributed by atoms with Gasteiger partial charge in [0.15, 0.2) is 0 Å². The summed E-state index contributed by atoms with van der Waals surface area (Å²) in [5.74, 6) is 0. The minimum atomic E-state index is -0.790. The van der Waals surface area contributed by atoms with Crippen LogP contribution in [0.3, 0.4) is 0 Å². The minimum Gasteiger partial charge on any atom is -0.384 e. The van der Waals surface area contributed by atoms with Gasteiger partial charge in [0.05, 0.1) is 11.1 Å². The van der Waals surface area contributed by atoms with E-state index in [1.165, 1.54) is 18.3 Å². The second kappa shape index (κ2) is 3.90. The van der Waals surface area contributed by atoms with Gasteiger partial charge >= 0.3 is 0 Å². The van der Waals surface area contributed by atoms with Crippen molar-refractivity contribution in [3.63, 3.8) is 0 Å². The lowest BCUT2D eigenvalue weighted by Crippen LogP contribution is -1.94. The van der Waals surface area contributed by atoms with Gasteiger partial charge in [0, 0.05) is 11.8 Å². The summed E-state index contributed by atoms with van der Waals surface area (Å²) in [7, 11) is 0. The first-order valence-electron chi connectivity index (χ1n) is 3.26. The summed E-state index contributed by atoms with van der Waals surface area (Å²) in [5.41, 5.74) is 0.510. The number of rotatable bonds is 2. The number of hydrogen-bond donors (Lipinski definition) is 1. The van der Waals surface area contributed by atoms with Crippen LogP contribution in [0.1, 0.15) is 11.7 Å². The van der Waals surface area contributed by atoms with Gasteiger partial charge in [-0.25, -0.2) is 4.98 Å². The molecule has 1 heterocycles. The molecule has 4 heteroatoms. The Labute approximate surface area is 80.5 Å². The van der Waals surface area contributed by atoms with Crippen molar-refractivity contribution in [1.29, 1.82) is 0 Å². The van der Waals surface area contributed by atoms with Gasteiger partial charge in [-0.05, 0) is 6.07 Å². The van der Waals surface area contributed by atoms with E-state index in [2.05, 4.69) is 11.6 Å². The number of pyridine rings is 1. The SMILES string of the molecule is C=CC(O)c1cnc(Cl)cc1Cl. The fourth-order valence-corrected chi connectivity index (χ4v) is 1.24. The van der Waals surface area contributed by atoms with Crippen LogP contribution in [0.15, 0.2) is 24.9 Å². The first-order valence-corrected chi connectivity index (χ1v) is 4.02. The highest BCUT2D eigenvalue weighted by molar-refractivity contribution is 6.34. The van der Waals surface area contributed by atoms with Crippen LogP contribution in [0.5, 0.6) is 0 Å². The fraction of sp³-hybridized carbons (Fsp3) is 0.125. The van der Waals surface area contributed by atoms with Crippen molar-refractivity contribution >= 4 is 23.2 Å². The van der Waals surface area contributed by atoms with Gasteiger partial charge in [-0.3, -0.25) is 0 Å². The molecule has 0 saturated carbocycles. The topological polar surface area (TPSA) is 33.1 Å². The van der Waals surface area contributed by atoms with Crippen molar-refractivity contribution in [3.8, 4) is 0 Å². The van der Waals surface area contributed by atoms with Gasteiger partial charge < -0.3 is 5.11 Å². The second-order valence-electron chi connectivity index (χ2n) is 2.21. The second-order valence-corrected chi connectivity index (χ2v) is 3.00. The summed E-state index contributed by atoms with van der Waals surface area (Å²) in [4.78, 5) is 3.78. The Morgan fingerprint density at radius 3 is 2.75 bits per heavy atom. The van der Waals surface area contributed by atoms with Crippen LogP contribution in [0, 0.1) is 0 Å². The molecule has 0 spiro atoms. The van der Waals surface area contributed by atoms with E-state index in [-0.39, 0.29) is 0 Å². The van der Waals surface area contributed by atoms with Gasteiger partial charge in [-0.1, -0.05) is 29.3 Å². The summed E-state index contributed by atoms with van der Waals surface area (Å²) < 4.78 is 0. The van der Waals surface area contributed by atoms with E-state index < -0.39 is 6.10 Å². The maximum absolute atomic E-state index is 9.32. The molecule has 1 unspecified atom stereocenters. The zero-order chi connectivity index (χ0) is 9.14. The summed E-state index contributed by atoms with van der Waals surface area (Å²) in [6.07, 6.45) is 2.01. The molecule has 64 valence electrons. The molecule has 12 heavy (non-hydrogen) atoms. The van der Waals surface area contributed by atoms with E-state index in [1.54, 1.807) is 0 Å². The average molecular weight is 204 g/mol. The molecule has 0 aromatic carbocycles. The predicted octanol–water partition coefficient (Wildman–Crippen LogP) is 2.61. The third-order valence-corrected chi connectivity index (χ3v) is 1.92. The lowest BCUT2D eigenvalue weighted by Gasteiger charge is -2.06. The number of nitrogens with zero attached hydrogens (tertiary/aromatic N) is 1. The molecule has 1 aromatic heterocycles. The number of aliphatic hydroxyl groups is 1. The Bertz CT molecular complexity index is 301. The van der Waals surface area contributed by atoms with Crippen molar-refractivity contribution in [3.05, 3.63) is 40.7 Å². The van der Waals surface area contributed by atoms with Gasteiger partial charge in [0.2, 0.25) is 0 Å².